The zero-order valence-corrected chi connectivity index (χ0v) is 24.4. The molecule has 0 spiro atoms. The van der Waals surface area contributed by atoms with Gasteiger partial charge in [-0.25, -0.2) is 9.29 Å². The highest BCUT2D eigenvalue weighted by atomic mass is 32.2. The molecule has 1 saturated heterocycles. The van der Waals surface area contributed by atoms with Crippen molar-refractivity contribution < 1.29 is 33.0 Å². The van der Waals surface area contributed by atoms with Crippen LogP contribution in [-0.4, -0.2) is 48.8 Å². The number of benzene rings is 3. The molecule has 2 N–H and O–H groups in total. The van der Waals surface area contributed by atoms with Gasteiger partial charge in [-0.15, -0.1) is 0 Å². The van der Waals surface area contributed by atoms with Crippen LogP contribution in [-0.2, 0) is 14.4 Å². The molecule has 2 unspecified atom stereocenters. The van der Waals surface area contributed by atoms with E-state index in [0.717, 1.165) is 28.0 Å². The first-order valence-corrected chi connectivity index (χ1v) is 14.7. The molecule has 3 atom stereocenters. The molecular weight excluding hydrogens is 597 g/mol. The predicted octanol–water partition coefficient (Wildman–Crippen LogP) is 4.41. The number of carbonyl (C=O) groups is 3. The van der Waals surface area contributed by atoms with Crippen molar-refractivity contribution in [1.82, 2.24) is 4.98 Å². The highest BCUT2D eigenvalue weighted by Crippen LogP contribution is 2.53. The van der Waals surface area contributed by atoms with Gasteiger partial charge in [0.15, 0.2) is 18.1 Å². The van der Waals surface area contributed by atoms with Gasteiger partial charge in [0.25, 0.3) is 5.91 Å². The molecule has 0 bridgehead atoms. The summed E-state index contributed by atoms with van der Waals surface area (Å²) in [5.41, 5.74) is 1.48. The molecule has 0 aliphatic carbocycles. The first kappa shape index (κ1) is 28.5. The normalized spacial score (nSPS) is 19.0. The van der Waals surface area contributed by atoms with Gasteiger partial charge in [0, 0.05) is 16.5 Å². The summed E-state index contributed by atoms with van der Waals surface area (Å²) in [5, 5.41) is 2.47. The number of nitrogens with one attached hydrogen (secondary N) is 2. The Kier molecular flexibility index (Phi) is 7.67. The van der Waals surface area contributed by atoms with Crippen LogP contribution in [0.1, 0.15) is 16.4 Å². The number of aromatic amines is 1. The second-order valence-electron chi connectivity index (χ2n) is 9.71. The van der Waals surface area contributed by atoms with Gasteiger partial charge >= 0.3 is 4.87 Å². The summed E-state index contributed by atoms with van der Waals surface area (Å²) in [6.45, 7) is -0.296. The van der Waals surface area contributed by atoms with Crippen molar-refractivity contribution in [3.05, 3.63) is 92.7 Å². The van der Waals surface area contributed by atoms with E-state index in [4.69, 9.17) is 14.2 Å². The molecule has 3 aromatic carbocycles. The minimum atomic E-state index is -0.826. The van der Waals surface area contributed by atoms with E-state index >= 15 is 0 Å². The number of amides is 3. The fourth-order valence-corrected chi connectivity index (χ4v) is 7.75. The summed E-state index contributed by atoms with van der Waals surface area (Å²) >= 11 is 2.13. The number of hydrogen-bond donors (Lipinski definition) is 2. The monoisotopic (exact) mass is 621 g/mol. The van der Waals surface area contributed by atoms with Gasteiger partial charge in [-0.3, -0.25) is 19.2 Å². The summed E-state index contributed by atoms with van der Waals surface area (Å²) in [5.74, 6) is -1.97. The Morgan fingerprint density at radius 3 is 2.40 bits per heavy atom. The van der Waals surface area contributed by atoms with Crippen LogP contribution < -0.4 is 29.3 Å². The zero-order valence-electron chi connectivity index (χ0n) is 22.8. The number of halogens is 1. The molecule has 10 nitrogen and oxygen atoms in total. The molecule has 0 saturated carbocycles. The lowest BCUT2D eigenvalue weighted by atomic mass is 9.83. The minimum Gasteiger partial charge on any atom is -0.497 e. The van der Waals surface area contributed by atoms with E-state index in [2.05, 4.69) is 10.3 Å². The van der Waals surface area contributed by atoms with Crippen molar-refractivity contribution in [2.75, 3.05) is 31.0 Å². The summed E-state index contributed by atoms with van der Waals surface area (Å²) in [6, 6.07) is 17.1. The Morgan fingerprint density at radius 2 is 1.70 bits per heavy atom. The number of nitrogens with zero attached hydrogens (tertiary/aromatic N) is 1. The number of carbonyl (C=O) groups excluding carboxylic acids is 3. The maximum atomic E-state index is 13.8. The first-order chi connectivity index (χ1) is 20.8. The number of fused-ring (bicyclic) bond motifs is 2. The molecule has 3 amide bonds. The number of methoxy groups -OCH3 is 2. The fraction of sp³-hybridized carbons (Fsp3) is 0.200. The molecule has 4 aromatic rings. The van der Waals surface area contributed by atoms with Gasteiger partial charge in [0.05, 0.1) is 30.9 Å². The largest absolute Gasteiger partial charge is 0.497 e. The second-order valence-corrected chi connectivity index (χ2v) is 11.9. The van der Waals surface area contributed by atoms with E-state index < -0.39 is 34.7 Å². The number of rotatable bonds is 8. The molecule has 220 valence electrons. The first-order valence-electron chi connectivity index (χ1n) is 13.0. The number of anilines is 2. The van der Waals surface area contributed by atoms with Crippen molar-refractivity contribution in [3.8, 4) is 17.2 Å². The average molecular weight is 622 g/mol. The summed E-state index contributed by atoms with van der Waals surface area (Å²) in [7, 11) is 3.00. The summed E-state index contributed by atoms with van der Waals surface area (Å²) in [6.07, 6.45) is 0. The van der Waals surface area contributed by atoms with Crippen LogP contribution in [0.3, 0.4) is 0 Å². The van der Waals surface area contributed by atoms with Gasteiger partial charge in [0.1, 0.15) is 16.8 Å². The van der Waals surface area contributed by atoms with Crippen LogP contribution in [0.25, 0.3) is 0 Å². The van der Waals surface area contributed by atoms with E-state index in [-0.39, 0.29) is 23.1 Å². The Labute approximate surface area is 252 Å². The number of thiazole rings is 1. The molecule has 0 radical (unpaired) electrons. The van der Waals surface area contributed by atoms with E-state index in [9.17, 15) is 23.6 Å². The standard InChI is InChI=1S/C30H24FN3O7S2/c1-39-19-10-6-17(7-11-19)32-22(35)14-41-20-12-3-15(13-21(20)40-2)23-24-26(42-27-25(23)43-30(38)33-27)29(37)34(28(24)36)18-8-4-16(31)5-9-18/h3-13,23-24,26H,14H2,1-2H3,(H,32,35)(H,33,38)/t23-,24?,26?/m1/s1. The summed E-state index contributed by atoms with van der Waals surface area (Å²) < 4.78 is 30.0. The number of imide groups is 1. The fourth-order valence-electron chi connectivity index (χ4n) is 5.23. The van der Waals surface area contributed by atoms with Crippen LogP contribution in [0.15, 0.2) is 76.6 Å². The van der Waals surface area contributed by atoms with Gasteiger partial charge in [-0.05, 0) is 66.2 Å². The zero-order chi connectivity index (χ0) is 30.2. The molecule has 2 aliphatic rings. The number of ether oxygens (including phenoxy) is 3. The third-order valence-corrected chi connectivity index (χ3v) is 9.59. The van der Waals surface area contributed by atoms with Crippen LogP contribution >= 0.6 is 23.1 Å². The highest BCUT2D eigenvalue weighted by molar-refractivity contribution is 8.00. The maximum Gasteiger partial charge on any atom is 0.305 e. The molecule has 2 aliphatic heterocycles. The van der Waals surface area contributed by atoms with E-state index in [1.54, 1.807) is 49.6 Å². The van der Waals surface area contributed by atoms with Gasteiger partial charge < -0.3 is 24.5 Å². The van der Waals surface area contributed by atoms with Crippen molar-refractivity contribution in [3.63, 3.8) is 0 Å². The molecule has 3 heterocycles. The lowest BCUT2D eigenvalue weighted by Gasteiger charge is -2.30. The number of H-pyrrole nitrogens is 1. The third kappa shape index (κ3) is 5.37. The van der Waals surface area contributed by atoms with Crippen molar-refractivity contribution in [2.45, 2.75) is 16.2 Å². The van der Waals surface area contributed by atoms with Gasteiger partial charge in [-0.1, -0.05) is 29.2 Å². The number of aromatic nitrogens is 1. The van der Waals surface area contributed by atoms with Crippen molar-refractivity contribution in [1.29, 1.82) is 0 Å². The van der Waals surface area contributed by atoms with Crippen molar-refractivity contribution in [2.24, 2.45) is 5.92 Å². The molecular formula is C30H24FN3O7S2. The van der Waals surface area contributed by atoms with Crippen LogP contribution in [0, 0.1) is 11.7 Å². The van der Waals surface area contributed by atoms with Gasteiger partial charge in [-0.2, -0.15) is 0 Å². The Bertz CT molecular complexity index is 1770. The lowest BCUT2D eigenvalue weighted by molar-refractivity contribution is -0.122. The average Bonchev–Trinajstić information content (AvgIpc) is 3.50. The molecule has 1 aromatic heterocycles. The van der Waals surface area contributed by atoms with E-state index in [0.29, 0.717) is 38.4 Å². The molecule has 13 heteroatoms. The quantitative estimate of drug-likeness (QED) is 0.277. The SMILES string of the molecule is COc1ccc(NC(=O)COc2ccc([C@H]3c4sc(=O)[nH]c4SC4C(=O)N(c5ccc(F)cc5)C(=O)C43)cc2OC)cc1. The number of thioether (sulfide) groups is 1. The second kappa shape index (κ2) is 11.6. The third-order valence-electron chi connectivity index (χ3n) is 7.19. The highest BCUT2D eigenvalue weighted by Gasteiger charge is 2.56. The van der Waals surface area contributed by atoms with E-state index in [1.807, 2.05) is 0 Å². The Balaban J connectivity index is 1.27. The van der Waals surface area contributed by atoms with Crippen LogP contribution in [0.4, 0.5) is 15.8 Å². The molecule has 6 rings (SSSR count). The lowest BCUT2D eigenvalue weighted by Crippen LogP contribution is -2.32. The molecule has 1 fully saturated rings. The van der Waals surface area contributed by atoms with E-state index in [1.165, 1.54) is 31.4 Å². The van der Waals surface area contributed by atoms with Crippen LogP contribution in [0.5, 0.6) is 17.2 Å². The Hall–Kier alpha value is -4.62. The van der Waals surface area contributed by atoms with Crippen LogP contribution in [0.2, 0.25) is 0 Å². The van der Waals surface area contributed by atoms with Crippen molar-refractivity contribution >= 4 is 52.2 Å². The maximum absolute atomic E-state index is 13.8. The Morgan fingerprint density at radius 1 is 0.953 bits per heavy atom. The van der Waals surface area contributed by atoms with Gasteiger partial charge in [0.2, 0.25) is 11.8 Å². The minimum absolute atomic E-state index is 0.274. The molecule has 43 heavy (non-hydrogen) atoms. The topological polar surface area (TPSA) is 127 Å². The number of hydrogen-bond acceptors (Lipinski definition) is 9. The smallest absolute Gasteiger partial charge is 0.305 e. The predicted molar refractivity (Wildman–Crippen MR) is 159 cm³/mol. The summed E-state index contributed by atoms with van der Waals surface area (Å²) in [4.78, 5) is 56.5.